The summed E-state index contributed by atoms with van der Waals surface area (Å²) in [5.74, 6) is 0. The van der Waals surface area contributed by atoms with Crippen LogP contribution in [0.3, 0.4) is 0 Å². The zero-order chi connectivity index (χ0) is 16.3. The fraction of sp³-hybridized carbons (Fsp3) is 0.562. The van der Waals surface area contributed by atoms with E-state index in [1.54, 1.807) is 0 Å². The van der Waals surface area contributed by atoms with Gasteiger partial charge in [-0.05, 0) is 44.9 Å². The maximum Gasteiger partial charge on any atom is 0.407 e. The van der Waals surface area contributed by atoms with Gasteiger partial charge in [0.1, 0.15) is 5.60 Å². The van der Waals surface area contributed by atoms with Gasteiger partial charge in [0.25, 0.3) is 0 Å². The molecule has 1 aliphatic rings. The van der Waals surface area contributed by atoms with E-state index in [0.717, 1.165) is 25.2 Å². The molecule has 5 nitrogen and oxygen atoms in total. The third-order valence-electron chi connectivity index (χ3n) is 3.48. The van der Waals surface area contributed by atoms with Crippen molar-refractivity contribution in [2.75, 3.05) is 12.3 Å². The maximum atomic E-state index is 11.9. The molecule has 122 valence electrons. The number of amides is 1. The average Bonchev–Trinajstić information content (AvgIpc) is 2.72. The number of halogens is 1. The minimum atomic E-state index is -0.465. The topological polar surface area (TPSA) is 67.6 Å². The lowest BCUT2D eigenvalue weighted by Gasteiger charge is -2.25. The van der Waals surface area contributed by atoms with Crippen molar-refractivity contribution in [3.63, 3.8) is 0 Å². The number of nitrogens with zero attached hydrogens (tertiary/aromatic N) is 1. The molecule has 1 amide bonds. The van der Waals surface area contributed by atoms with Gasteiger partial charge < -0.3 is 15.8 Å². The number of likely N-dealkylation sites (tertiary alicyclic amines) is 1. The van der Waals surface area contributed by atoms with E-state index < -0.39 is 5.60 Å². The number of carbonyl (C=O) groups excluding carboxylic acids is 1. The second kappa shape index (κ2) is 7.04. The number of nitrogens with two attached hydrogens (primary N) is 1. The van der Waals surface area contributed by atoms with Gasteiger partial charge in [0, 0.05) is 18.8 Å². The number of nitrogens with one attached hydrogen (secondary N) is 1. The minimum Gasteiger partial charge on any atom is -0.444 e. The maximum absolute atomic E-state index is 11.9. The molecule has 1 saturated heterocycles. The predicted octanol–water partition coefficient (Wildman–Crippen LogP) is 3.13. The molecule has 0 aliphatic carbocycles. The molecule has 6 heteroatoms. The Labute approximate surface area is 145 Å². The number of benzene rings is 1. The Morgan fingerprint density at radius 1 is 1.41 bits per heavy atom. The molecule has 1 heterocycles. The third kappa shape index (κ3) is 5.01. The molecule has 0 saturated carbocycles. The zero-order valence-corrected chi connectivity index (χ0v) is 15.5. The molecule has 2 unspecified atom stereocenters. The molecule has 22 heavy (non-hydrogen) atoms. The molecule has 0 spiro atoms. The Balaban J connectivity index is 1.88. The van der Waals surface area contributed by atoms with E-state index in [0.29, 0.717) is 0 Å². The summed E-state index contributed by atoms with van der Waals surface area (Å²) in [5, 5.41) is 2.98. The lowest BCUT2D eigenvalue weighted by molar-refractivity contribution is 0.0504. The van der Waals surface area contributed by atoms with Crippen molar-refractivity contribution in [3.8, 4) is 0 Å². The second-order valence-electron chi connectivity index (χ2n) is 6.63. The van der Waals surface area contributed by atoms with Crippen molar-refractivity contribution >= 4 is 34.4 Å². The number of ether oxygens (including phenoxy) is 1. The van der Waals surface area contributed by atoms with Crippen LogP contribution < -0.4 is 11.1 Å². The van der Waals surface area contributed by atoms with Crippen molar-refractivity contribution in [1.82, 2.24) is 10.2 Å². The average molecular weight is 417 g/mol. The van der Waals surface area contributed by atoms with Crippen LogP contribution in [-0.4, -0.2) is 33.2 Å². The van der Waals surface area contributed by atoms with Crippen molar-refractivity contribution in [2.24, 2.45) is 0 Å². The number of anilines is 1. The van der Waals surface area contributed by atoms with Crippen LogP contribution in [0.15, 0.2) is 24.3 Å². The van der Waals surface area contributed by atoms with Crippen LogP contribution in [0, 0.1) is 0 Å². The summed E-state index contributed by atoms with van der Waals surface area (Å²) in [4.78, 5) is 14.2. The summed E-state index contributed by atoms with van der Waals surface area (Å²) < 4.78 is 5.58. The summed E-state index contributed by atoms with van der Waals surface area (Å²) in [5.41, 5.74) is 7.26. The minimum absolute atomic E-state index is 0.115. The Morgan fingerprint density at radius 2 is 2.05 bits per heavy atom. The molecule has 1 aliphatic heterocycles. The first kappa shape index (κ1) is 17.3. The molecule has 0 aromatic heterocycles. The number of hydrogen-bond donors (Lipinski definition) is 2. The highest BCUT2D eigenvalue weighted by molar-refractivity contribution is 14.1. The van der Waals surface area contributed by atoms with Crippen molar-refractivity contribution in [2.45, 2.75) is 49.4 Å². The van der Waals surface area contributed by atoms with Crippen LogP contribution in [0.4, 0.5) is 10.5 Å². The molecule has 1 fully saturated rings. The van der Waals surface area contributed by atoms with Gasteiger partial charge in [-0.15, -0.1) is 0 Å². The highest BCUT2D eigenvalue weighted by Gasteiger charge is 2.34. The van der Waals surface area contributed by atoms with Gasteiger partial charge in [0.05, 0.1) is 10.1 Å². The standard InChI is InChI=1S/C16H24IN3O2/c1-16(2,3)22-15(21)19-13-8-9-20(14(13)17)10-11-4-6-12(18)7-5-11/h4-7,13-14H,8-10,18H2,1-3H3,(H,19,21). The smallest absolute Gasteiger partial charge is 0.407 e. The van der Waals surface area contributed by atoms with Crippen LogP contribution in [-0.2, 0) is 11.3 Å². The Kier molecular flexibility index (Phi) is 5.55. The molecular weight excluding hydrogens is 393 g/mol. The largest absolute Gasteiger partial charge is 0.444 e. The van der Waals surface area contributed by atoms with Crippen LogP contribution in [0.5, 0.6) is 0 Å². The number of alkyl halides is 1. The molecule has 1 aromatic carbocycles. The summed E-state index contributed by atoms with van der Waals surface area (Å²) in [7, 11) is 0. The van der Waals surface area contributed by atoms with Gasteiger partial charge in [0.2, 0.25) is 0 Å². The number of alkyl carbamates (subject to hydrolysis) is 1. The SMILES string of the molecule is CC(C)(C)OC(=O)NC1CCN(Cc2ccc(N)cc2)C1I. The van der Waals surface area contributed by atoms with E-state index in [2.05, 4.69) is 32.8 Å². The normalized spacial score (nSPS) is 22.5. The molecule has 1 aromatic rings. The number of nitrogen functional groups attached to an aromatic ring is 1. The fourth-order valence-electron chi connectivity index (χ4n) is 2.44. The van der Waals surface area contributed by atoms with E-state index in [1.165, 1.54) is 5.56 Å². The van der Waals surface area contributed by atoms with E-state index in [1.807, 2.05) is 45.0 Å². The first-order chi connectivity index (χ1) is 10.2. The van der Waals surface area contributed by atoms with Crippen LogP contribution in [0.25, 0.3) is 0 Å². The monoisotopic (exact) mass is 417 g/mol. The van der Waals surface area contributed by atoms with Gasteiger partial charge in [-0.3, -0.25) is 4.90 Å². The predicted molar refractivity (Wildman–Crippen MR) is 96.8 cm³/mol. The Bertz CT molecular complexity index is 513. The van der Waals surface area contributed by atoms with Gasteiger partial charge >= 0.3 is 6.09 Å². The van der Waals surface area contributed by atoms with Crippen LogP contribution in [0.2, 0.25) is 0 Å². The molecule has 2 atom stereocenters. The van der Waals surface area contributed by atoms with Gasteiger partial charge in [-0.1, -0.05) is 34.7 Å². The molecular formula is C16H24IN3O2. The van der Waals surface area contributed by atoms with Gasteiger partial charge in [0.15, 0.2) is 0 Å². The number of carbonyl (C=O) groups is 1. The van der Waals surface area contributed by atoms with Gasteiger partial charge in [-0.25, -0.2) is 4.79 Å². The lowest BCUT2D eigenvalue weighted by Crippen LogP contribution is -2.43. The van der Waals surface area contributed by atoms with Crippen LogP contribution in [0.1, 0.15) is 32.8 Å². The van der Waals surface area contributed by atoms with Crippen molar-refractivity contribution in [1.29, 1.82) is 0 Å². The molecule has 0 bridgehead atoms. The lowest BCUT2D eigenvalue weighted by atomic mass is 10.2. The highest BCUT2D eigenvalue weighted by atomic mass is 127. The molecule has 0 radical (unpaired) electrons. The molecule has 3 N–H and O–H groups in total. The Hall–Kier alpha value is -1.02. The van der Waals surface area contributed by atoms with Crippen molar-refractivity contribution < 1.29 is 9.53 Å². The zero-order valence-electron chi connectivity index (χ0n) is 13.3. The molecule has 2 rings (SSSR count). The van der Waals surface area contributed by atoms with E-state index in [9.17, 15) is 4.79 Å². The number of rotatable bonds is 3. The summed E-state index contributed by atoms with van der Waals surface area (Å²) in [6.45, 7) is 7.43. The van der Waals surface area contributed by atoms with Crippen molar-refractivity contribution in [3.05, 3.63) is 29.8 Å². The first-order valence-electron chi connectivity index (χ1n) is 7.47. The van der Waals surface area contributed by atoms with E-state index in [-0.39, 0.29) is 16.2 Å². The van der Waals surface area contributed by atoms with E-state index >= 15 is 0 Å². The second-order valence-corrected chi connectivity index (χ2v) is 7.90. The Morgan fingerprint density at radius 3 is 2.64 bits per heavy atom. The summed E-state index contributed by atoms with van der Waals surface area (Å²) >= 11 is 2.39. The highest BCUT2D eigenvalue weighted by Crippen LogP contribution is 2.26. The van der Waals surface area contributed by atoms with E-state index in [4.69, 9.17) is 10.5 Å². The summed E-state index contributed by atoms with van der Waals surface area (Å²) in [6, 6.07) is 8.05. The summed E-state index contributed by atoms with van der Waals surface area (Å²) in [6.07, 6.45) is 0.593. The number of hydrogen-bond acceptors (Lipinski definition) is 4. The third-order valence-corrected chi connectivity index (χ3v) is 5.13. The first-order valence-corrected chi connectivity index (χ1v) is 8.71. The quantitative estimate of drug-likeness (QED) is 0.343. The van der Waals surface area contributed by atoms with Crippen LogP contribution >= 0.6 is 22.6 Å². The van der Waals surface area contributed by atoms with Gasteiger partial charge in [-0.2, -0.15) is 0 Å². The fourth-order valence-corrected chi connectivity index (χ4v) is 3.46.